The second-order valence-corrected chi connectivity index (χ2v) is 5.69. The monoisotopic (exact) mass is 347 g/mol. The molecule has 2 N–H and O–H groups in total. The van der Waals surface area contributed by atoms with Crippen LogP contribution in [0.25, 0.3) is 11.0 Å². The summed E-state index contributed by atoms with van der Waals surface area (Å²) in [4.78, 5) is 3.18. The highest BCUT2D eigenvalue weighted by atomic mass is 79.9. The first-order valence-corrected chi connectivity index (χ1v) is 7.54. The number of aliphatic hydroxyl groups excluding tert-OH is 1. The van der Waals surface area contributed by atoms with E-state index in [1.807, 2.05) is 59.4 Å². The molecule has 0 aliphatic rings. The van der Waals surface area contributed by atoms with Crippen LogP contribution in [0.3, 0.4) is 0 Å². The minimum absolute atomic E-state index is 0.245. The average molecular weight is 348 g/mol. The number of para-hydroxylation sites is 3. The van der Waals surface area contributed by atoms with E-state index >= 15 is 0 Å². The van der Waals surface area contributed by atoms with Crippen LogP contribution in [0.15, 0.2) is 59.3 Å². The van der Waals surface area contributed by atoms with Crippen molar-refractivity contribution in [2.24, 2.45) is 0 Å². The van der Waals surface area contributed by atoms with Crippen molar-refractivity contribution in [2.45, 2.75) is 12.6 Å². The molecule has 5 heteroatoms. The molecule has 1 atom stereocenters. The SMILES string of the molecule is OC(COc1ccccc1Br)C[n+]1c[nH]c2ccccc21. The van der Waals surface area contributed by atoms with Gasteiger partial charge in [0, 0.05) is 0 Å². The van der Waals surface area contributed by atoms with Gasteiger partial charge in [0.2, 0.25) is 6.33 Å². The van der Waals surface area contributed by atoms with Gasteiger partial charge in [-0.1, -0.05) is 24.3 Å². The summed E-state index contributed by atoms with van der Waals surface area (Å²) in [7, 11) is 0. The van der Waals surface area contributed by atoms with Crippen molar-refractivity contribution < 1.29 is 14.4 Å². The third kappa shape index (κ3) is 3.25. The second kappa shape index (κ2) is 6.28. The van der Waals surface area contributed by atoms with Crippen LogP contribution in [-0.2, 0) is 6.54 Å². The van der Waals surface area contributed by atoms with Gasteiger partial charge in [-0.2, -0.15) is 0 Å². The molecule has 0 aliphatic heterocycles. The van der Waals surface area contributed by atoms with Gasteiger partial charge in [-0.05, 0) is 40.2 Å². The third-order valence-electron chi connectivity index (χ3n) is 3.26. The van der Waals surface area contributed by atoms with Crippen molar-refractivity contribution in [1.29, 1.82) is 0 Å². The Morgan fingerprint density at radius 2 is 1.90 bits per heavy atom. The van der Waals surface area contributed by atoms with Gasteiger partial charge in [-0.25, -0.2) is 9.55 Å². The van der Waals surface area contributed by atoms with Gasteiger partial charge in [0.1, 0.15) is 25.0 Å². The number of nitrogens with one attached hydrogen (secondary N) is 1. The smallest absolute Gasteiger partial charge is 0.242 e. The molecule has 0 bridgehead atoms. The van der Waals surface area contributed by atoms with Crippen LogP contribution in [0, 0.1) is 0 Å². The Kier molecular flexibility index (Phi) is 4.22. The molecule has 0 spiro atoms. The van der Waals surface area contributed by atoms with Gasteiger partial charge < -0.3 is 9.84 Å². The van der Waals surface area contributed by atoms with Gasteiger partial charge in [0.25, 0.3) is 0 Å². The summed E-state index contributed by atoms with van der Waals surface area (Å²) in [6.45, 7) is 0.726. The maximum absolute atomic E-state index is 10.2. The van der Waals surface area contributed by atoms with Gasteiger partial charge >= 0.3 is 0 Å². The molecule has 21 heavy (non-hydrogen) atoms. The van der Waals surface area contributed by atoms with Gasteiger partial charge in [0.05, 0.1) is 4.47 Å². The van der Waals surface area contributed by atoms with Crippen molar-refractivity contribution in [2.75, 3.05) is 6.61 Å². The number of fused-ring (bicyclic) bond motifs is 1. The summed E-state index contributed by atoms with van der Waals surface area (Å²) in [5, 5.41) is 10.2. The van der Waals surface area contributed by atoms with Crippen LogP contribution in [-0.4, -0.2) is 22.8 Å². The van der Waals surface area contributed by atoms with E-state index in [4.69, 9.17) is 4.74 Å². The first-order chi connectivity index (χ1) is 10.2. The largest absolute Gasteiger partial charge is 0.490 e. The fourth-order valence-electron chi connectivity index (χ4n) is 2.24. The molecular formula is C16H16BrN2O2+. The molecule has 3 aromatic rings. The predicted octanol–water partition coefficient (Wildman–Crippen LogP) is 2.66. The van der Waals surface area contributed by atoms with Crippen LogP contribution in [0.5, 0.6) is 5.75 Å². The minimum atomic E-state index is -0.582. The van der Waals surface area contributed by atoms with E-state index in [2.05, 4.69) is 20.9 Å². The zero-order valence-corrected chi connectivity index (χ0v) is 13.0. The van der Waals surface area contributed by atoms with Crippen molar-refractivity contribution >= 4 is 27.0 Å². The maximum Gasteiger partial charge on any atom is 0.242 e. The number of rotatable bonds is 5. The molecule has 0 aliphatic carbocycles. The number of imidazole rings is 1. The van der Waals surface area contributed by atoms with Crippen LogP contribution < -0.4 is 9.30 Å². The highest BCUT2D eigenvalue weighted by Gasteiger charge is 2.14. The molecule has 3 rings (SSSR count). The number of aromatic amines is 1. The van der Waals surface area contributed by atoms with Crippen molar-refractivity contribution in [3.63, 3.8) is 0 Å². The van der Waals surface area contributed by atoms with Gasteiger partial charge in [-0.3, -0.25) is 0 Å². The maximum atomic E-state index is 10.2. The summed E-state index contributed by atoms with van der Waals surface area (Å²) in [5.74, 6) is 0.737. The topological polar surface area (TPSA) is 49.1 Å². The standard InChI is InChI=1S/C16H15BrN2O2/c17-13-5-1-4-8-16(13)21-10-12(20)9-19-11-18-14-6-2-3-7-15(14)19/h1-8,11-12,20H,9-10H2/p+1. The summed E-state index contributed by atoms with van der Waals surface area (Å²) in [5.41, 5.74) is 2.12. The molecule has 0 fully saturated rings. The Bertz CT molecular complexity index is 742. The Morgan fingerprint density at radius 3 is 2.76 bits per heavy atom. The summed E-state index contributed by atoms with van der Waals surface area (Å²) in [6.07, 6.45) is 1.29. The normalized spacial score (nSPS) is 12.5. The highest BCUT2D eigenvalue weighted by Crippen LogP contribution is 2.23. The van der Waals surface area contributed by atoms with E-state index in [1.165, 1.54) is 0 Å². The van der Waals surface area contributed by atoms with Crippen LogP contribution >= 0.6 is 15.9 Å². The molecule has 108 valence electrons. The molecule has 1 heterocycles. The van der Waals surface area contributed by atoms with E-state index in [1.54, 1.807) is 0 Å². The molecule has 1 aromatic heterocycles. The zero-order valence-electron chi connectivity index (χ0n) is 11.4. The molecular weight excluding hydrogens is 332 g/mol. The van der Waals surface area contributed by atoms with Crippen LogP contribution in [0.4, 0.5) is 0 Å². The number of H-pyrrole nitrogens is 1. The second-order valence-electron chi connectivity index (χ2n) is 4.84. The average Bonchev–Trinajstić information content (AvgIpc) is 2.90. The zero-order chi connectivity index (χ0) is 14.7. The third-order valence-corrected chi connectivity index (χ3v) is 3.92. The molecule has 0 amide bonds. The Balaban J connectivity index is 1.64. The number of halogens is 1. The van der Waals surface area contributed by atoms with Crippen LogP contribution in [0.2, 0.25) is 0 Å². The van der Waals surface area contributed by atoms with Crippen molar-refractivity contribution in [3.05, 3.63) is 59.3 Å². The Labute approximate surface area is 131 Å². The van der Waals surface area contributed by atoms with E-state index < -0.39 is 6.10 Å². The quantitative estimate of drug-likeness (QED) is 0.697. The fraction of sp³-hybridized carbons (Fsp3) is 0.188. The number of benzene rings is 2. The number of aromatic nitrogens is 2. The van der Waals surface area contributed by atoms with Gasteiger partial charge in [0.15, 0.2) is 11.0 Å². The van der Waals surface area contributed by atoms with E-state index in [0.717, 1.165) is 21.3 Å². The van der Waals surface area contributed by atoms with E-state index in [-0.39, 0.29) is 6.61 Å². The fourth-order valence-corrected chi connectivity index (χ4v) is 2.64. The summed E-state index contributed by atoms with van der Waals surface area (Å²) >= 11 is 3.42. The van der Waals surface area contributed by atoms with Crippen molar-refractivity contribution in [1.82, 2.24) is 4.98 Å². The lowest BCUT2D eigenvalue weighted by molar-refractivity contribution is -0.678. The first kappa shape index (κ1) is 14.1. The number of nitrogens with zero attached hydrogens (tertiary/aromatic N) is 1. The molecule has 1 unspecified atom stereocenters. The first-order valence-electron chi connectivity index (χ1n) is 6.75. The van der Waals surface area contributed by atoms with Crippen molar-refractivity contribution in [3.8, 4) is 5.75 Å². The summed E-state index contributed by atoms with van der Waals surface area (Å²) < 4.78 is 8.51. The highest BCUT2D eigenvalue weighted by molar-refractivity contribution is 9.10. The lowest BCUT2D eigenvalue weighted by atomic mass is 10.3. The molecule has 0 saturated heterocycles. The van der Waals surface area contributed by atoms with E-state index in [0.29, 0.717) is 6.54 Å². The predicted molar refractivity (Wildman–Crippen MR) is 84.1 cm³/mol. The Morgan fingerprint density at radius 1 is 1.14 bits per heavy atom. The molecule has 4 nitrogen and oxygen atoms in total. The van der Waals surface area contributed by atoms with Crippen LogP contribution in [0.1, 0.15) is 0 Å². The lowest BCUT2D eigenvalue weighted by Gasteiger charge is -2.12. The molecule has 2 aromatic carbocycles. The number of aliphatic hydroxyl groups is 1. The molecule has 0 saturated carbocycles. The lowest BCUT2D eigenvalue weighted by Crippen LogP contribution is -2.40. The van der Waals surface area contributed by atoms with Gasteiger partial charge in [-0.15, -0.1) is 0 Å². The number of ether oxygens (including phenoxy) is 1. The van der Waals surface area contributed by atoms with E-state index in [9.17, 15) is 5.11 Å². The number of hydrogen-bond donors (Lipinski definition) is 2. The summed E-state index contributed by atoms with van der Waals surface area (Å²) in [6, 6.07) is 15.6. The minimum Gasteiger partial charge on any atom is -0.490 e. The molecule has 0 radical (unpaired) electrons. The Hall–Kier alpha value is -1.85. The number of hydrogen-bond acceptors (Lipinski definition) is 2.